The van der Waals surface area contributed by atoms with Crippen LogP contribution in [-0.2, 0) is 9.53 Å². The SMILES string of the molecule is C[C@@H](OC(=O)/C=C/c1ccc(Cl)cc1)c1nnc(-c2cccs2)o1. The Bertz CT molecular complexity index is 841. The van der Waals surface area contributed by atoms with Gasteiger partial charge in [0, 0.05) is 11.1 Å². The Morgan fingerprint density at radius 2 is 2.08 bits per heavy atom. The second-order valence-electron chi connectivity index (χ2n) is 4.89. The van der Waals surface area contributed by atoms with Crippen molar-refractivity contribution in [3.63, 3.8) is 0 Å². The highest BCUT2D eigenvalue weighted by atomic mass is 35.5. The summed E-state index contributed by atoms with van der Waals surface area (Å²) in [5.41, 5.74) is 0.849. The van der Waals surface area contributed by atoms with E-state index in [1.807, 2.05) is 17.5 Å². The number of halogens is 1. The summed E-state index contributed by atoms with van der Waals surface area (Å²) in [4.78, 5) is 12.7. The second kappa shape index (κ2) is 7.42. The van der Waals surface area contributed by atoms with E-state index in [-0.39, 0.29) is 5.89 Å². The molecule has 2 aromatic heterocycles. The Kier molecular flexibility index (Phi) is 5.08. The molecular weight excluding hydrogens is 348 g/mol. The summed E-state index contributed by atoms with van der Waals surface area (Å²) in [5, 5.41) is 10.4. The molecular formula is C17H13ClN2O3S. The number of ether oxygens (including phenoxy) is 1. The molecule has 0 spiro atoms. The van der Waals surface area contributed by atoms with Crippen molar-refractivity contribution in [3.05, 3.63) is 64.3 Å². The largest absolute Gasteiger partial charge is 0.449 e. The molecule has 3 rings (SSSR count). The van der Waals surface area contributed by atoms with Crippen molar-refractivity contribution in [2.24, 2.45) is 0 Å². The summed E-state index contributed by atoms with van der Waals surface area (Å²) >= 11 is 7.31. The Hall–Kier alpha value is -2.44. The summed E-state index contributed by atoms with van der Waals surface area (Å²) in [5.74, 6) is 0.180. The van der Waals surface area contributed by atoms with Crippen LogP contribution in [0.4, 0.5) is 0 Å². The minimum atomic E-state index is -0.631. The first-order chi connectivity index (χ1) is 11.6. The number of aromatic nitrogens is 2. The third kappa shape index (κ3) is 4.10. The Morgan fingerprint density at radius 3 is 2.79 bits per heavy atom. The molecule has 0 saturated heterocycles. The van der Waals surface area contributed by atoms with Crippen LogP contribution in [0, 0.1) is 0 Å². The minimum absolute atomic E-state index is 0.256. The molecule has 24 heavy (non-hydrogen) atoms. The predicted octanol–water partition coefficient (Wildman–Crippen LogP) is 4.77. The van der Waals surface area contributed by atoms with Crippen LogP contribution in [0.15, 0.2) is 52.3 Å². The zero-order chi connectivity index (χ0) is 16.9. The van der Waals surface area contributed by atoms with Crippen LogP contribution in [0.2, 0.25) is 5.02 Å². The smallest absolute Gasteiger partial charge is 0.331 e. The molecule has 0 bridgehead atoms. The standard InChI is InChI=1S/C17H13ClN2O3S/c1-11(16-19-20-17(23-16)14-3-2-10-24-14)22-15(21)9-6-12-4-7-13(18)8-5-12/h2-11H,1H3/b9-6+/t11-/m1/s1. The van der Waals surface area contributed by atoms with Gasteiger partial charge in [-0.15, -0.1) is 21.5 Å². The zero-order valence-corrected chi connectivity index (χ0v) is 14.3. The lowest BCUT2D eigenvalue weighted by Crippen LogP contribution is -2.06. The number of hydrogen-bond donors (Lipinski definition) is 0. The Labute approximate surface area is 147 Å². The molecule has 2 heterocycles. The third-order valence-corrected chi connectivity index (χ3v) is 4.20. The average molecular weight is 361 g/mol. The molecule has 3 aromatic rings. The number of benzene rings is 1. The molecule has 0 radical (unpaired) electrons. The number of carbonyl (C=O) groups excluding carboxylic acids is 1. The normalized spacial score (nSPS) is 12.4. The quantitative estimate of drug-likeness (QED) is 0.484. The van der Waals surface area contributed by atoms with E-state index < -0.39 is 12.1 Å². The molecule has 122 valence electrons. The highest BCUT2D eigenvalue weighted by molar-refractivity contribution is 7.13. The minimum Gasteiger partial charge on any atom is -0.449 e. The van der Waals surface area contributed by atoms with Crippen molar-refractivity contribution in [1.82, 2.24) is 10.2 Å². The van der Waals surface area contributed by atoms with Crippen molar-refractivity contribution < 1.29 is 13.9 Å². The van der Waals surface area contributed by atoms with Crippen molar-refractivity contribution in [1.29, 1.82) is 0 Å². The van der Waals surface area contributed by atoms with E-state index in [9.17, 15) is 4.79 Å². The van der Waals surface area contributed by atoms with Crippen LogP contribution < -0.4 is 0 Å². The van der Waals surface area contributed by atoms with Crippen molar-refractivity contribution in [2.45, 2.75) is 13.0 Å². The van der Waals surface area contributed by atoms with Gasteiger partial charge in [-0.25, -0.2) is 4.79 Å². The molecule has 7 heteroatoms. The monoisotopic (exact) mass is 360 g/mol. The molecule has 0 aliphatic carbocycles. The Morgan fingerprint density at radius 1 is 1.29 bits per heavy atom. The van der Waals surface area contributed by atoms with Gasteiger partial charge in [-0.05, 0) is 42.1 Å². The van der Waals surface area contributed by atoms with Gasteiger partial charge in [0.2, 0.25) is 0 Å². The van der Waals surface area contributed by atoms with Crippen molar-refractivity contribution in [2.75, 3.05) is 0 Å². The molecule has 0 fully saturated rings. The van der Waals surface area contributed by atoms with Gasteiger partial charge in [0.05, 0.1) is 4.88 Å². The highest BCUT2D eigenvalue weighted by Gasteiger charge is 2.18. The molecule has 1 atom stereocenters. The van der Waals surface area contributed by atoms with Crippen LogP contribution in [-0.4, -0.2) is 16.2 Å². The van der Waals surface area contributed by atoms with Gasteiger partial charge in [0.25, 0.3) is 11.8 Å². The Balaban J connectivity index is 1.61. The third-order valence-electron chi connectivity index (χ3n) is 3.10. The van der Waals surface area contributed by atoms with Gasteiger partial charge in [0.15, 0.2) is 6.10 Å². The van der Waals surface area contributed by atoms with E-state index in [0.717, 1.165) is 10.4 Å². The number of esters is 1. The fourth-order valence-electron chi connectivity index (χ4n) is 1.90. The highest BCUT2D eigenvalue weighted by Crippen LogP contribution is 2.25. The van der Waals surface area contributed by atoms with Gasteiger partial charge < -0.3 is 9.15 Å². The van der Waals surface area contributed by atoms with E-state index in [0.29, 0.717) is 10.9 Å². The maximum atomic E-state index is 11.9. The first-order valence-corrected chi connectivity index (χ1v) is 8.39. The lowest BCUT2D eigenvalue weighted by molar-refractivity contribution is -0.143. The van der Waals surface area contributed by atoms with Gasteiger partial charge in [-0.2, -0.15) is 0 Å². The fourth-order valence-corrected chi connectivity index (χ4v) is 2.67. The zero-order valence-electron chi connectivity index (χ0n) is 12.7. The van der Waals surface area contributed by atoms with Crippen LogP contribution in [0.3, 0.4) is 0 Å². The summed E-state index contributed by atoms with van der Waals surface area (Å²) in [6.45, 7) is 1.68. The van der Waals surface area contributed by atoms with Crippen molar-refractivity contribution >= 4 is 35.0 Å². The molecule has 0 N–H and O–H groups in total. The van der Waals surface area contributed by atoms with Gasteiger partial charge in [0.1, 0.15) is 0 Å². The maximum absolute atomic E-state index is 11.9. The average Bonchev–Trinajstić information content (AvgIpc) is 3.25. The van der Waals surface area contributed by atoms with Crippen molar-refractivity contribution in [3.8, 4) is 10.8 Å². The van der Waals surface area contributed by atoms with E-state index in [1.54, 1.807) is 37.3 Å². The maximum Gasteiger partial charge on any atom is 0.331 e. The van der Waals surface area contributed by atoms with Gasteiger partial charge >= 0.3 is 5.97 Å². The number of nitrogens with zero attached hydrogens (tertiary/aromatic N) is 2. The molecule has 0 saturated carbocycles. The molecule has 5 nitrogen and oxygen atoms in total. The van der Waals surface area contributed by atoms with E-state index >= 15 is 0 Å². The van der Waals surface area contributed by atoms with Crippen LogP contribution in [0.25, 0.3) is 16.8 Å². The lowest BCUT2D eigenvalue weighted by Gasteiger charge is -2.06. The second-order valence-corrected chi connectivity index (χ2v) is 6.27. The summed E-state index contributed by atoms with van der Waals surface area (Å²) in [6, 6.07) is 10.9. The lowest BCUT2D eigenvalue weighted by atomic mass is 10.2. The first kappa shape index (κ1) is 16.4. The van der Waals surface area contributed by atoms with Crippen LogP contribution in [0.5, 0.6) is 0 Å². The van der Waals surface area contributed by atoms with E-state index in [2.05, 4.69) is 10.2 Å². The van der Waals surface area contributed by atoms with Gasteiger partial charge in [-0.3, -0.25) is 0 Å². The van der Waals surface area contributed by atoms with E-state index in [1.165, 1.54) is 17.4 Å². The fraction of sp³-hybridized carbons (Fsp3) is 0.118. The number of rotatable bonds is 5. The van der Waals surface area contributed by atoms with Gasteiger partial charge in [-0.1, -0.05) is 29.8 Å². The number of hydrogen-bond acceptors (Lipinski definition) is 6. The molecule has 1 aromatic carbocycles. The topological polar surface area (TPSA) is 65.2 Å². The summed E-state index contributed by atoms with van der Waals surface area (Å²) in [7, 11) is 0. The van der Waals surface area contributed by atoms with E-state index in [4.69, 9.17) is 20.8 Å². The molecule has 0 amide bonds. The number of carbonyl (C=O) groups is 1. The first-order valence-electron chi connectivity index (χ1n) is 7.13. The summed E-state index contributed by atoms with van der Waals surface area (Å²) < 4.78 is 10.8. The predicted molar refractivity (Wildman–Crippen MR) is 92.6 cm³/mol. The molecule has 0 aliphatic rings. The molecule has 0 unspecified atom stereocenters. The molecule has 0 aliphatic heterocycles. The van der Waals surface area contributed by atoms with Crippen LogP contribution in [0.1, 0.15) is 24.5 Å². The number of thiophene rings is 1. The van der Waals surface area contributed by atoms with Crippen LogP contribution >= 0.6 is 22.9 Å². The summed E-state index contributed by atoms with van der Waals surface area (Å²) in [6.07, 6.45) is 2.36.